The zero-order valence-electron chi connectivity index (χ0n) is 9.74. The molecule has 2 heterocycles. The van der Waals surface area contributed by atoms with Gasteiger partial charge in [0.25, 0.3) is 0 Å². The Kier molecular flexibility index (Phi) is 4.86. The molecule has 4 heteroatoms. The van der Waals surface area contributed by atoms with Crippen LogP contribution >= 0.6 is 0 Å². The molecule has 0 aromatic carbocycles. The monoisotopic (exact) mass is 223 g/mol. The fraction of sp³-hybridized carbons (Fsp3) is 0.667. The number of rotatable bonds is 6. The van der Waals surface area contributed by atoms with Crippen LogP contribution in [-0.4, -0.2) is 49.2 Å². The number of aromatic amines is 1. The Balaban J connectivity index is 1.48. The molecule has 0 saturated carbocycles. The molecule has 2 N–H and O–H groups in total. The second kappa shape index (κ2) is 6.68. The van der Waals surface area contributed by atoms with Gasteiger partial charge in [-0.2, -0.15) is 0 Å². The molecule has 0 unspecified atom stereocenters. The lowest BCUT2D eigenvalue weighted by Crippen LogP contribution is -2.43. The number of nitrogens with zero attached hydrogens (tertiary/aromatic N) is 1. The van der Waals surface area contributed by atoms with Gasteiger partial charge in [0.05, 0.1) is 6.61 Å². The molecular weight excluding hydrogens is 202 g/mol. The molecule has 90 valence electrons. The van der Waals surface area contributed by atoms with Crippen molar-refractivity contribution in [2.24, 2.45) is 0 Å². The smallest absolute Gasteiger partial charge is 0.0865 e. The van der Waals surface area contributed by atoms with E-state index in [0.29, 0.717) is 6.61 Å². The van der Waals surface area contributed by atoms with Crippen molar-refractivity contribution in [1.82, 2.24) is 15.2 Å². The van der Waals surface area contributed by atoms with Crippen LogP contribution in [0.1, 0.15) is 12.1 Å². The van der Waals surface area contributed by atoms with Gasteiger partial charge in [0.2, 0.25) is 0 Å². The van der Waals surface area contributed by atoms with Crippen molar-refractivity contribution < 1.29 is 4.74 Å². The summed E-state index contributed by atoms with van der Waals surface area (Å²) in [5.74, 6) is 0. The Hall–Kier alpha value is -0.840. The highest BCUT2D eigenvalue weighted by molar-refractivity contribution is 5.01. The summed E-state index contributed by atoms with van der Waals surface area (Å²) in [6, 6.07) is 4.05. The Bertz CT molecular complexity index is 268. The molecule has 0 atom stereocenters. The van der Waals surface area contributed by atoms with E-state index < -0.39 is 0 Å². The van der Waals surface area contributed by atoms with E-state index in [4.69, 9.17) is 4.74 Å². The molecule has 1 aliphatic rings. The van der Waals surface area contributed by atoms with Crippen molar-refractivity contribution in [3.63, 3.8) is 0 Å². The van der Waals surface area contributed by atoms with E-state index in [1.54, 1.807) is 0 Å². The fourth-order valence-corrected chi connectivity index (χ4v) is 1.96. The molecule has 0 aliphatic carbocycles. The van der Waals surface area contributed by atoms with Crippen LogP contribution in [0.15, 0.2) is 18.3 Å². The molecule has 1 saturated heterocycles. The maximum absolute atomic E-state index is 5.60. The third-order valence-corrected chi connectivity index (χ3v) is 2.89. The Morgan fingerprint density at radius 3 is 2.94 bits per heavy atom. The minimum Gasteiger partial charge on any atom is -0.375 e. The SMILES string of the molecule is c1c[nH]c(COCCCN2CCNCC2)c1. The predicted octanol–water partition coefficient (Wildman–Crippen LogP) is 0.827. The molecule has 16 heavy (non-hydrogen) atoms. The number of ether oxygens (including phenoxy) is 1. The zero-order chi connectivity index (χ0) is 11.1. The summed E-state index contributed by atoms with van der Waals surface area (Å²) in [7, 11) is 0. The average Bonchev–Trinajstić information content (AvgIpc) is 2.83. The van der Waals surface area contributed by atoms with Crippen molar-refractivity contribution in [2.45, 2.75) is 13.0 Å². The van der Waals surface area contributed by atoms with Crippen molar-refractivity contribution >= 4 is 0 Å². The predicted molar refractivity (Wildman–Crippen MR) is 64.4 cm³/mol. The maximum atomic E-state index is 5.60. The topological polar surface area (TPSA) is 40.3 Å². The van der Waals surface area contributed by atoms with Gasteiger partial charge in [-0.15, -0.1) is 0 Å². The highest BCUT2D eigenvalue weighted by Gasteiger charge is 2.07. The number of piperazine rings is 1. The number of H-pyrrole nitrogens is 1. The summed E-state index contributed by atoms with van der Waals surface area (Å²) in [5, 5.41) is 3.36. The van der Waals surface area contributed by atoms with E-state index in [9.17, 15) is 0 Å². The lowest BCUT2D eigenvalue weighted by atomic mass is 10.3. The average molecular weight is 223 g/mol. The second-order valence-corrected chi connectivity index (χ2v) is 4.19. The summed E-state index contributed by atoms with van der Waals surface area (Å²) in [6.07, 6.45) is 3.06. The van der Waals surface area contributed by atoms with E-state index in [2.05, 4.69) is 21.3 Å². The minimum atomic E-state index is 0.703. The number of hydrogen-bond acceptors (Lipinski definition) is 3. The second-order valence-electron chi connectivity index (χ2n) is 4.19. The van der Waals surface area contributed by atoms with Crippen LogP contribution in [0.3, 0.4) is 0 Å². The highest BCUT2D eigenvalue weighted by atomic mass is 16.5. The van der Waals surface area contributed by atoms with Crippen LogP contribution in [0, 0.1) is 0 Å². The molecule has 2 rings (SSSR count). The summed E-state index contributed by atoms with van der Waals surface area (Å²) in [5.41, 5.74) is 1.15. The molecule has 0 bridgehead atoms. The van der Waals surface area contributed by atoms with Crippen molar-refractivity contribution in [2.75, 3.05) is 39.3 Å². The first kappa shape index (κ1) is 11.6. The van der Waals surface area contributed by atoms with Gasteiger partial charge in [-0.1, -0.05) is 0 Å². The molecule has 1 aromatic rings. The van der Waals surface area contributed by atoms with Gasteiger partial charge in [0.15, 0.2) is 0 Å². The first-order valence-corrected chi connectivity index (χ1v) is 6.08. The third kappa shape index (κ3) is 3.96. The summed E-state index contributed by atoms with van der Waals surface area (Å²) < 4.78 is 5.60. The van der Waals surface area contributed by atoms with Crippen molar-refractivity contribution in [1.29, 1.82) is 0 Å². The lowest BCUT2D eigenvalue weighted by molar-refractivity contribution is 0.104. The van der Waals surface area contributed by atoms with Crippen LogP contribution in [-0.2, 0) is 11.3 Å². The van der Waals surface area contributed by atoms with Crippen LogP contribution in [0.25, 0.3) is 0 Å². The number of aromatic nitrogens is 1. The van der Waals surface area contributed by atoms with Gasteiger partial charge < -0.3 is 19.9 Å². The molecule has 0 radical (unpaired) electrons. The molecule has 0 spiro atoms. The normalized spacial score (nSPS) is 17.8. The molecule has 0 amide bonds. The van der Waals surface area contributed by atoms with E-state index in [-0.39, 0.29) is 0 Å². The molecular formula is C12H21N3O. The Morgan fingerprint density at radius 1 is 1.31 bits per heavy atom. The van der Waals surface area contributed by atoms with Crippen molar-refractivity contribution in [3.8, 4) is 0 Å². The first-order valence-electron chi connectivity index (χ1n) is 6.08. The van der Waals surface area contributed by atoms with Gasteiger partial charge in [0, 0.05) is 51.2 Å². The van der Waals surface area contributed by atoms with Gasteiger partial charge in [0.1, 0.15) is 0 Å². The number of hydrogen-bond donors (Lipinski definition) is 2. The zero-order valence-corrected chi connectivity index (χ0v) is 9.74. The van der Waals surface area contributed by atoms with Crippen LogP contribution in [0.4, 0.5) is 0 Å². The fourth-order valence-electron chi connectivity index (χ4n) is 1.96. The maximum Gasteiger partial charge on any atom is 0.0865 e. The Morgan fingerprint density at radius 2 is 2.19 bits per heavy atom. The van der Waals surface area contributed by atoms with Gasteiger partial charge >= 0.3 is 0 Å². The van der Waals surface area contributed by atoms with Gasteiger partial charge in [-0.25, -0.2) is 0 Å². The summed E-state index contributed by atoms with van der Waals surface area (Å²) >= 11 is 0. The van der Waals surface area contributed by atoms with Crippen molar-refractivity contribution in [3.05, 3.63) is 24.0 Å². The Labute approximate surface area is 97.0 Å². The molecule has 1 aliphatic heterocycles. The molecule has 4 nitrogen and oxygen atoms in total. The third-order valence-electron chi connectivity index (χ3n) is 2.89. The standard InChI is InChI=1S/C12H21N3O/c1-3-12(14-4-1)11-16-10-2-7-15-8-5-13-6-9-15/h1,3-4,13-14H,2,5-11H2. The van der Waals surface area contributed by atoms with Gasteiger partial charge in [-0.3, -0.25) is 0 Å². The molecule has 1 aromatic heterocycles. The van der Waals surface area contributed by atoms with E-state index in [1.807, 2.05) is 12.3 Å². The van der Waals surface area contributed by atoms with E-state index in [1.165, 1.54) is 13.1 Å². The minimum absolute atomic E-state index is 0.703. The first-order chi connectivity index (χ1) is 7.95. The number of nitrogens with one attached hydrogen (secondary N) is 2. The van der Waals surface area contributed by atoms with Crippen LogP contribution < -0.4 is 5.32 Å². The largest absolute Gasteiger partial charge is 0.375 e. The van der Waals surface area contributed by atoms with Crippen LogP contribution in [0.2, 0.25) is 0 Å². The summed E-state index contributed by atoms with van der Waals surface area (Å²) in [6.45, 7) is 7.32. The highest BCUT2D eigenvalue weighted by Crippen LogP contribution is 1.99. The summed E-state index contributed by atoms with van der Waals surface area (Å²) in [4.78, 5) is 5.63. The molecule has 1 fully saturated rings. The van der Waals surface area contributed by atoms with E-state index >= 15 is 0 Å². The lowest BCUT2D eigenvalue weighted by Gasteiger charge is -2.26. The van der Waals surface area contributed by atoms with Gasteiger partial charge in [-0.05, 0) is 18.6 Å². The quantitative estimate of drug-likeness (QED) is 0.702. The van der Waals surface area contributed by atoms with E-state index in [0.717, 1.165) is 38.4 Å². The van der Waals surface area contributed by atoms with Crippen LogP contribution in [0.5, 0.6) is 0 Å².